The summed E-state index contributed by atoms with van der Waals surface area (Å²) in [4.78, 5) is 25.6. The molecule has 2 unspecified atom stereocenters. The smallest absolute Gasteiger partial charge is 0.249 e. The number of carbonyl (C=O) groups excluding carboxylic acids is 2. The van der Waals surface area contributed by atoms with E-state index in [0.29, 0.717) is 15.2 Å². The van der Waals surface area contributed by atoms with Crippen molar-refractivity contribution in [3.8, 4) is 10.6 Å². The van der Waals surface area contributed by atoms with Crippen LogP contribution in [0.15, 0.2) is 24.3 Å². The minimum Gasteiger partial charge on any atom is -0.344 e. The lowest BCUT2D eigenvalue weighted by Crippen LogP contribution is -2.49. The highest BCUT2D eigenvalue weighted by atomic mass is 35.5. The molecule has 1 heterocycles. The van der Waals surface area contributed by atoms with E-state index in [1.54, 1.807) is 12.1 Å². The predicted octanol–water partition coefficient (Wildman–Crippen LogP) is 4.91. The highest BCUT2D eigenvalue weighted by molar-refractivity contribution is 7.18. The molecule has 1 aromatic heterocycles. The van der Waals surface area contributed by atoms with Gasteiger partial charge in [-0.15, -0.1) is 10.2 Å². The molecule has 2 N–H and O–H groups in total. The second-order valence-corrected chi connectivity index (χ2v) is 9.03. The van der Waals surface area contributed by atoms with Crippen LogP contribution in [-0.4, -0.2) is 28.1 Å². The number of aromatic nitrogens is 2. The number of amides is 2. The van der Waals surface area contributed by atoms with Crippen LogP contribution in [-0.2, 0) is 9.59 Å². The fourth-order valence-corrected chi connectivity index (χ4v) is 4.47. The zero-order valence-corrected chi connectivity index (χ0v) is 18.4. The summed E-state index contributed by atoms with van der Waals surface area (Å²) in [6.07, 6.45) is 5.93. The van der Waals surface area contributed by atoms with Gasteiger partial charge in [0.2, 0.25) is 16.9 Å². The Labute approximate surface area is 180 Å². The normalized spacial score (nSPS) is 16.8. The van der Waals surface area contributed by atoms with Crippen LogP contribution in [0, 0.1) is 11.8 Å². The average molecular weight is 435 g/mol. The minimum absolute atomic E-state index is 0.0120. The van der Waals surface area contributed by atoms with Gasteiger partial charge in [0.25, 0.3) is 0 Å². The molecule has 1 saturated carbocycles. The van der Waals surface area contributed by atoms with Crippen molar-refractivity contribution in [3.05, 3.63) is 29.3 Å². The number of halogens is 1. The van der Waals surface area contributed by atoms with Gasteiger partial charge in [0, 0.05) is 16.5 Å². The molecular weight excluding hydrogens is 408 g/mol. The van der Waals surface area contributed by atoms with Gasteiger partial charge < -0.3 is 5.32 Å². The van der Waals surface area contributed by atoms with E-state index < -0.39 is 6.04 Å². The molecule has 2 aromatic rings. The topological polar surface area (TPSA) is 84.0 Å². The first-order valence-electron chi connectivity index (χ1n) is 10.2. The summed E-state index contributed by atoms with van der Waals surface area (Å²) in [5.74, 6) is -0.235. The van der Waals surface area contributed by atoms with Gasteiger partial charge in [-0.1, -0.05) is 74.6 Å². The van der Waals surface area contributed by atoms with Crippen molar-refractivity contribution in [2.24, 2.45) is 11.8 Å². The standard InChI is InChI=1S/C21H27ClN4O2S/c1-3-13(2)17(23-18(27)14-8-5-4-6-9-14)19(28)24-21-26-25-20(29-21)15-10-7-11-16(22)12-15/h7,10-14,17H,3-6,8-9H2,1-2H3,(H,23,27)(H,24,26,28). The maximum absolute atomic E-state index is 12.9. The maximum atomic E-state index is 12.9. The summed E-state index contributed by atoms with van der Waals surface area (Å²) in [5.41, 5.74) is 0.847. The summed E-state index contributed by atoms with van der Waals surface area (Å²) >= 11 is 7.32. The summed E-state index contributed by atoms with van der Waals surface area (Å²) in [6.45, 7) is 3.99. The number of nitrogens with one attached hydrogen (secondary N) is 2. The Morgan fingerprint density at radius 2 is 2.00 bits per heavy atom. The van der Waals surface area contributed by atoms with Crippen molar-refractivity contribution < 1.29 is 9.59 Å². The number of hydrogen-bond acceptors (Lipinski definition) is 5. The second-order valence-electron chi connectivity index (χ2n) is 7.62. The first kappa shape index (κ1) is 21.7. The molecule has 0 radical (unpaired) electrons. The monoisotopic (exact) mass is 434 g/mol. The van der Waals surface area contributed by atoms with Gasteiger partial charge in [-0.25, -0.2) is 0 Å². The number of hydrogen-bond donors (Lipinski definition) is 2. The molecule has 1 fully saturated rings. The van der Waals surface area contributed by atoms with Crippen molar-refractivity contribution in [2.75, 3.05) is 5.32 Å². The Balaban J connectivity index is 1.67. The number of nitrogens with zero attached hydrogens (tertiary/aromatic N) is 2. The van der Waals surface area contributed by atoms with Gasteiger partial charge in [0.15, 0.2) is 0 Å². The van der Waals surface area contributed by atoms with Crippen molar-refractivity contribution in [1.29, 1.82) is 0 Å². The lowest BCUT2D eigenvalue weighted by Gasteiger charge is -2.27. The van der Waals surface area contributed by atoms with Gasteiger partial charge in [-0.3, -0.25) is 14.9 Å². The zero-order valence-electron chi connectivity index (χ0n) is 16.8. The molecule has 1 aliphatic carbocycles. The highest BCUT2D eigenvalue weighted by Gasteiger charge is 2.30. The number of carbonyl (C=O) groups is 2. The Morgan fingerprint density at radius 1 is 1.24 bits per heavy atom. The van der Waals surface area contributed by atoms with Crippen molar-refractivity contribution in [2.45, 2.75) is 58.4 Å². The quantitative estimate of drug-likeness (QED) is 0.648. The van der Waals surface area contributed by atoms with E-state index in [9.17, 15) is 9.59 Å². The van der Waals surface area contributed by atoms with E-state index in [1.807, 2.05) is 26.0 Å². The van der Waals surface area contributed by atoms with E-state index in [1.165, 1.54) is 17.8 Å². The van der Waals surface area contributed by atoms with Crippen LogP contribution in [0.3, 0.4) is 0 Å². The van der Waals surface area contributed by atoms with E-state index >= 15 is 0 Å². The minimum atomic E-state index is -0.590. The third-order valence-corrected chi connectivity index (χ3v) is 6.62. The SMILES string of the molecule is CCC(C)C(NC(=O)C1CCCCC1)C(=O)Nc1nnc(-c2cccc(Cl)c2)s1. The number of rotatable bonds is 7. The van der Waals surface area contributed by atoms with E-state index in [-0.39, 0.29) is 23.7 Å². The highest BCUT2D eigenvalue weighted by Crippen LogP contribution is 2.28. The van der Waals surface area contributed by atoms with Crippen LogP contribution in [0.4, 0.5) is 5.13 Å². The molecule has 0 bridgehead atoms. The first-order chi connectivity index (χ1) is 14.0. The third kappa shape index (κ3) is 5.76. The first-order valence-corrected chi connectivity index (χ1v) is 11.4. The number of benzene rings is 1. The molecule has 1 aliphatic rings. The van der Waals surface area contributed by atoms with E-state index in [4.69, 9.17) is 11.6 Å². The molecule has 6 nitrogen and oxygen atoms in total. The summed E-state index contributed by atoms with van der Waals surface area (Å²) in [6, 6.07) is 6.75. The van der Waals surface area contributed by atoms with Crippen LogP contribution >= 0.6 is 22.9 Å². The molecule has 0 spiro atoms. The van der Waals surface area contributed by atoms with Gasteiger partial charge in [0.1, 0.15) is 11.0 Å². The Kier molecular flexibility index (Phi) is 7.61. The molecule has 0 saturated heterocycles. The van der Waals surface area contributed by atoms with Gasteiger partial charge >= 0.3 is 0 Å². The van der Waals surface area contributed by atoms with Crippen LogP contribution in [0.25, 0.3) is 10.6 Å². The largest absolute Gasteiger partial charge is 0.344 e. The summed E-state index contributed by atoms with van der Waals surface area (Å²) < 4.78 is 0. The van der Waals surface area contributed by atoms with Gasteiger partial charge in [0.05, 0.1) is 0 Å². The average Bonchev–Trinajstić information content (AvgIpc) is 3.20. The van der Waals surface area contributed by atoms with Crippen LogP contribution in [0.5, 0.6) is 0 Å². The summed E-state index contributed by atoms with van der Waals surface area (Å²) in [5, 5.41) is 15.7. The molecular formula is C21H27ClN4O2S. The predicted molar refractivity (Wildman–Crippen MR) is 117 cm³/mol. The molecule has 0 aliphatic heterocycles. The molecule has 1 aromatic carbocycles. The fourth-order valence-electron chi connectivity index (χ4n) is 3.53. The van der Waals surface area contributed by atoms with Crippen LogP contribution in [0.2, 0.25) is 5.02 Å². The summed E-state index contributed by atoms with van der Waals surface area (Å²) in [7, 11) is 0. The van der Waals surface area contributed by atoms with Crippen molar-refractivity contribution in [3.63, 3.8) is 0 Å². The molecule has 156 valence electrons. The van der Waals surface area contributed by atoms with Crippen molar-refractivity contribution in [1.82, 2.24) is 15.5 Å². The Bertz CT molecular complexity index is 851. The Hall–Kier alpha value is -1.99. The zero-order chi connectivity index (χ0) is 20.8. The van der Waals surface area contributed by atoms with Crippen molar-refractivity contribution >= 4 is 39.9 Å². The van der Waals surface area contributed by atoms with Crippen LogP contribution < -0.4 is 10.6 Å². The molecule has 29 heavy (non-hydrogen) atoms. The molecule has 3 rings (SSSR count). The third-order valence-electron chi connectivity index (χ3n) is 5.50. The fraction of sp³-hybridized carbons (Fsp3) is 0.524. The maximum Gasteiger partial charge on any atom is 0.249 e. The molecule has 2 atom stereocenters. The Morgan fingerprint density at radius 3 is 2.69 bits per heavy atom. The van der Waals surface area contributed by atoms with Gasteiger partial charge in [-0.05, 0) is 30.9 Å². The molecule has 8 heteroatoms. The lowest BCUT2D eigenvalue weighted by atomic mass is 9.88. The van der Waals surface area contributed by atoms with E-state index in [2.05, 4.69) is 20.8 Å². The number of anilines is 1. The van der Waals surface area contributed by atoms with Gasteiger partial charge in [-0.2, -0.15) is 0 Å². The lowest BCUT2D eigenvalue weighted by molar-refractivity contribution is -0.130. The molecule has 2 amide bonds. The second kappa shape index (κ2) is 10.2. The van der Waals surface area contributed by atoms with Crippen LogP contribution in [0.1, 0.15) is 52.4 Å². The van der Waals surface area contributed by atoms with E-state index in [0.717, 1.165) is 37.7 Å².